The lowest BCUT2D eigenvalue weighted by molar-refractivity contribution is 0.182. The summed E-state index contributed by atoms with van der Waals surface area (Å²) in [4.78, 5) is 0. The monoisotopic (exact) mass is 221 g/mol. The van der Waals surface area contributed by atoms with Crippen LogP contribution < -0.4 is 14.8 Å². The van der Waals surface area contributed by atoms with Crippen molar-refractivity contribution >= 4 is 0 Å². The van der Waals surface area contributed by atoms with Crippen LogP contribution in [0.1, 0.15) is 25.5 Å². The van der Waals surface area contributed by atoms with Crippen LogP contribution >= 0.6 is 0 Å². The Hall–Kier alpha value is -1.22. The molecule has 0 aromatic heterocycles. The van der Waals surface area contributed by atoms with Crippen molar-refractivity contribution in [2.45, 2.75) is 19.9 Å². The summed E-state index contributed by atoms with van der Waals surface area (Å²) in [5.41, 5.74) is 1.20. The zero-order valence-electron chi connectivity index (χ0n) is 10.1. The summed E-state index contributed by atoms with van der Waals surface area (Å²) in [6.07, 6.45) is 0. The van der Waals surface area contributed by atoms with Crippen molar-refractivity contribution in [1.29, 1.82) is 0 Å². The number of rotatable bonds is 3. The maximum absolute atomic E-state index is 5.79. The van der Waals surface area contributed by atoms with Gasteiger partial charge in [0.1, 0.15) is 0 Å². The molecule has 0 fully saturated rings. The molecule has 88 valence electrons. The van der Waals surface area contributed by atoms with Crippen LogP contribution in [0.4, 0.5) is 0 Å². The van der Waals surface area contributed by atoms with Gasteiger partial charge in [0.05, 0.1) is 13.2 Å². The first-order chi connectivity index (χ1) is 7.77. The van der Waals surface area contributed by atoms with Gasteiger partial charge in [-0.2, -0.15) is 0 Å². The van der Waals surface area contributed by atoms with Crippen LogP contribution in [0, 0.1) is 5.92 Å². The van der Waals surface area contributed by atoms with Crippen molar-refractivity contribution in [2.24, 2.45) is 5.92 Å². The van der Waals surface area contributed by atoms with Crippen molar-refractivity contribution < 1.29 is 9.47 Å². The molecule has 0 radical (unpaired) electrons. The number of para-hydroxylation sites is 1. The molecule has 16 heavy (non-hydrogen) atoms. The maximum atomic E-state index is 5.79. The van der Waals surface area contributed by atoms with E-state index in [1.165, 1.54) is 5.56 Å². The summed E-state index contributed by atoms with van der Waals surface area (Å²) in [5, 5.41) is 3.34. The third-order valence-corrected chi connectivity index (χ3v) is 3.01. The molecule has 1 aliphatic heterocycles. The quantitative estimate of drug-likeness (QED) is 0.850. The second-order valence-electron chi connectivity index (χ2n) is 4.16. The SMILES string of the molecule is CCOc1cccc2c1OCC(C)C2NC. The summed E-state index contributed by atoms with van der Waals surface area (Å²) < 4.78 is 11.4. The second-order valence-corrected chi connectivity index (χ2v) is 4.16. The minimum atomic E-state index is 0.351. The van der Waals surface area contributed by atoms with Gasteiger partial charge in [-0.1, -0.05) is 19.1 Å². The molecule has 1 aliphatic rings. The second kappa shape index (κ2) is 4.74. The maximum Gasteiger partial charge on any atom is 0.165 e. The first kappa shape index (κ1) is 11.3. The predicted octanol–water partition coefficient (Wildman–Crippen LogP) is 2.37. The average Bonchev–Trinajstić information content (AvgIpc) is 2.29. The molecule has 0 saturated heterocycles. The molecule has 2 unspecified atom stereocenters. The van der Waals surface area contributed by atoms with E-state index in [1.807, 2.05) is 26.1 Å². The Balaban J connectivity index is 2.39. The summed E-state index contributed by atoms with van der Waals surface area (Å²) in [6, 6.07) is 6.44. The number of hydrogen-bond donors (Lipinski definition) is 1. The summed E-state index contributed by atoms with van der Waals surface area (Å²) in [5.74, 6) is 2.24. The normalized spacial score (nSPS) is 23.4. The fourth-order valence-electron chi connectivity index (χ4n) is 2.26. The number of fused-ring (bicyclic) bond motifs is 1. The van der Waals surface area contributed by atoms with E-state index in [0.29, 0.717) is 18.6 Å². The molecule has 3 heteroatoms. The van der Waals surface area contributed by atoms with Crippen molar-refractivity contribution in [1.82, 2.24) is 5.32 Å². The highest BCUT2D eigenvalue weighted by atomic mass is 16.5. The lowest BCUT2D eigenvalue weighted by Gasteiger charge is -2.32. The van der Waals surface area contributed by atoms with Crippen LogP contribution in [0.3, 0.4) is 0 Å². The van der Waals surface area contributed by atoms with Crippen LogP contribution in [-0.4, -0.2) is 20.3 Å². The van der Waals surface area contributed by atoms with E-state index in [1.54, 1.807) is 0 Å². The average molecular weight is 221 g/mol. The third-order valence-electron chi connectivity index (χ3n) is 3.01. The molecule has 0 spiro atoms. The highest BCUT2D eigenvalue weighted by Gasteiger charge is 2.28. The Bertz CT molecular complexity index is 365. The van der Waals surface area contributed by atoms with Gasteiger partial charge in [0.2, 0.25) is 0 Å². The molecular formula is C13H19NO2. The van der Waals surface area contributed by atoms with E-state index in [9.17, 15) is 0 Å². The molecular weight excluding hydrogens is 202 g/mol. The van der Waals surface area contributed by atoms with Crippen LogP contribution in [-0.2, 0) is 0 Å². The van der Waals surface area contributed by atoms with E-state index in [4.69, 9.17) is 9.47 Å². The van der Waals surface area contributed by atoms with Crippen molar-refractivity contribution in [3.05, 3.63) is 23.8 Å². The van der Waals surface area contributed by atoms with Crippen molar-refractivity contribution in [3.63, 3.8) is 0 Å². The zero-order valence-corrected chi connectivity index (χ0v) is 10.1. The van der Waals surface area contributed by atoms with E-state index in [0.717, 1.165) is 18.1 Å². The Labute approximate surface area is 96.8 Å². The predicted molar refractivity (Wildman–Crippen MR) is 64.1 cm³/mol. The standard InChI is InChI=1S/C13H19NO2/c1-4-15-11-7-5-6-10-12(14-3)9(2)8-16-13(10)11/h5-7,9,12,14H,4,8H2,1-3H3. The third kappa shape index (κ3) is 1.87. The van der Waals surface area contributed by atoms with E-state index < -0.39 is 0 Å². The highest BCUT2D eigenvalue weighted by Crippen LogP contribution is 2.41. The van der Waals surface area contributed by atoms with Crippen LogP contribution in [0.15, 0.2) is 18.2 Å². The molecule has 0 saturated carbocycles. The molecule has 1 aromatic rings. The minimum Gasteiger partial charge on any atom is -0.490 e. The van der Waals surface area contributed by atoms with E-state index in [-0.39, 0.29) is 0 Å². The molecule has 0 amide bonds. The lowest BCUT2D eigenvalue weighted by Crippen LogP contribution is -2.32. The molecule has 0 bridgehead atoms. The molecule has 1 heterocycles. The number of hydrogen-bond acceptors (Lipinski definition) is 3. The van der Waals surface area contributed by atoms with Gasteiger partial charge in [-0.05, 0) is 20.0 Å². The topological polar surface area (TPSA) is 30.5 Å². The lowest BCUT2D eigenvalue weighted by atomic mass is 9.92. The zero-order chi connectivity index (χ0) is 11.5. The largest absolute Gasteiger partial charge is 0.490 e. The smallest absolute Gasteiger partial charge is 0.165 e. The number of ether oxygens (including phenoxy) is 2. The van der Waals surface area contributed by atoms with Crippen molar-refractivity contribution in [2.75, 3.05) is 20.3 Å². The molecule has 0 aliphatic carbocycles. The molecule has 2 atom stereocenters. The summed E-state index contributed by atoms with van der Waals surface area (Å²) >= 11 is 0. The van der Waals surface area contributed by atoms with Gasteiger partial charge in [-0.3, -0.25) is 0 Å². The van der Waals surface area contributed by atoms with Gasteiger partial charge in [-0.25, -0.2) is 0 Å². The Morgan fingerprint density at radius 3 is 3.00 bits per heavy atom. The minimum absolute atomic E-state index is 0.351. The Kier molecular flexibility index (Phi) is 3.34. The number of benzene rings is 1. The van der Waals surface area contributed by atoms with Gasteiger partial charge in [0.25, 0.3) is 0 Å². The summed E-state index contributed by atoms with van der Waals surface area (Å²) in [6.45, 7) is 5.58. The number of nitrogens with one attached hydrogen (secondary N) is 1. The van der Waals surface area contributed by atoms with Crippen molar-refractivity contribution in [3.8, 4) is 11.5 Å². The first-order valence-corrected chi connectivity index (χ1v) is 5.83. The van der Waals surface area contributed by atoms with E-state index in [2.05, 4.69) is 18.3 Å². The first-order valence-electron chi connectivity index (χ1n) is 5.83. The molecule has 3 nitrogen and oxygen atoms in total. The Morgan fingerprint density at radius 2 is 2.31 bits per heavy atom. The van der Waals surface area contributed by atoms with Gasteiger partial charge in [-0.15, -0.1) is 0 Å². The van der Waals surface area contributed by atoms with Crippen LogP contribution in [0.2, 0.25) is 0 Å². The molecule has 2 rings (SSSR count). The summed E-state index contributed by atoms with van der Waals surface area (Å²) in [7, 11) is 1.99. The Morgan fingerprint density at radius 1 is 1.50 bits per heavy atom. The fraction of sp³-hybridized carbons (Fsp3) is 0.538. The van der Waals surface area contributed by atoms with Gasteiger partial charge < -0.3 is 14.8 Å². The van der Waals surface area contributed by atoms with E-state index >= 15 is 0 Å². The van der Waals surface area contributed by atoms with Crippen LogP contribution in [0.5, 0.6) is 11.5 Å². The highest BCUT2D eigenvalue weighted by molar-refractivity contribution is 5.49. The van der Waals surface area contributed by atoms with Gasteiger partial charge >= 0.3 is 0 Å². The molecule has 1 aromatic carbocycles. The molecule has 1 N–H and O–H groups in total. The fourth-order valence-corrected chi connectivity index (χ4v) is 2.26. The van der Waals surface area contributed by atoms with Gasteiger partial charge in [0, 0.05) is 17.5 Å². The van der Waals surface area contributed by atoms with Gasteiger partial charge in [0.15, 0.2) is 11.5 Å². The van der Waals surface area contributed by atoms with Crippen LogP contribution in [0.25, 0.3) is 0 Å².